The summed E-state index contributed by atoms with van der Waals surface area (Å²) in [4.78, 5) is 2.62. The van der Waals surface area contributed by atoms with Crippen molar-refractivity contribution in [2.45, 2.75) is 64.6 Å². The monoisotopic (exact) mass is 308 g/mol. The second kappa shape index (κ2) is 7.62. The molecule has 2 nitrogen and oxygen atoms in total. The van der Waals surface area contributed by atoms with E-state index < -0.39 is 0 Å². The summed E-state index contributed by atoms with van der Waals surface area (Å²) in [6, 6.07) is 9.28. The van der Waals surface area contributed by atoms with Crippen molar-refractivity contribution in [1.82, 2.24) is 4.90 Å². The van der Waals surface area contributed by atoms with Crippen molar-refractivity contribution >= 4 is 11.6 Å². The van der Waals surface area contributed by atoms with Crippen molar-refractivity contribution in [2.24, 2.45) is 11.7 Å². The summed E-state index contributed by atoms with van der Waals surface area (Å²) in [6.45, 7) is 7.86. The van der Waals surface area contributed by atoms with Gasteiger partial charge in [-0.25, -0.2) is 0 Å². The molecule has 1 aliphatic carbocycles. The molecule has 0 heterocycles. The van der Waals surface area contributed by atoms with E-state index in [0.29, 0.717) is 6.04 Å². The van der Waals surface area contributed by atoms with Crippen LogP contribution in [0.1, 0.15) is 58.1 Å². The predicted molar refractivity (Wildman–Crippen MR) is 91.6 cm³/mol. The van der Waals surface area contributed by atoms with Crippen molar-refractivity contribution in [1.29, 1.82) is 0 Å². The first-order chi connectivity index (χ1) is 10.0. The fourth-order valence-corrected chi connectivity index (χ4v) is 3.20. The van der Waals surface area contributed by atoms with Crippen LogP contribution < -0.4 is 5.73 Å². The average Bonchev–Trinajstić information content (AvgIpc) is 3.28. The highest BCUT2D eigenvalue weighted by molar-refractivity contribution is 6.31. The minimum atomic E-state index is 0.137. The SMILES string of the molecule is CCC(N)C(c1ccccc1Cl)N(CCC(C)C)C1CC1. The lowest BCUT2D eigenvalue weighted by molar-refractivity contribution is 0.151. The van der Waals surface area contributed by atoms with E-state index in [1.54, 1.807) is 0 Å². The number of halogens is 1. The summed E-state index contributed by atoms with van der Waals surface area (Å²) in [5.74, 6) is 0.719. The van der Waals surface area contributed by atoms with Crippen LogP contribution in [0, 0.1) is 5.92 Å². The van der Waals surface area contributed by atoms with Gasteiger partial charge in [-0.15, -0.1) is 0 Å². The summed E-state index contributed by atoms with van der Waals surface area (Å²) < 4.78 is 0. The second-order valence-electron chi connectivity index (χ2n) is 6.69. The maximum Gasteiger partial charge on any atom is 0.0516 e. The largest absolute Gasteiger partial charge is 0.326 e. The van der Waals surface area contributed by atoms with Crippen LogP contribution in [0.15, 0.2) is 24.3 Å². The molecule has 0 radical (unpaired) electrons. The molecule has 2 atom stereocenters. The number of benzene rings is 1. The maximum absolute atomic E-state index is 6.49. The van der Waals surface area contributed by atoms with Crippen LogP contribution in [0.4, 0.5) is 0 Å². The van der Waals surface area contributed by atoms with Gasteiger partial charge in [-0.05, 0) is 49.8 Å². The lowest BCUT2D eigenvalue weighted by Gasteiger charge is -2.37. The first-order valence-electron chi connectivity index (χ1n) is 8.30. The Labute approximate surface area is 134 Å². The molecule has 1 fully saturated rings. The Morgan fingerprint density at radius 3 is 2.48 bits per heavy atom. The average molecular weight is 309 g/mol. The van der Waals surface area contributed by atoms with Crippen LogP contribution in [0.25, 0.3) is 0 Å². The van der Waals surface area contributed by atoms with E-state index in [9.17, 15) is 0 Å². The molecule has 21 heavy (non-hydrogen) atoms. The molecular formula is C18H29ClN2. The van der Waals surface area contributed by atoms with Crippen molar-refractivity contribution in [2.75, 3.05) is 6.54 Å². The van der Waals surface area contributed by atoms with Crippen molar-refractivity contribution in [3.8, 4) is 0 Å². The summed E-state index contributed by atoms with van der Waals surface area (Å²) in [7, 11) is 0. The molecule has 2 N–H and O–H groups in total. The summed E-state index contributed by atoms with van der Waals surface area (Å²) >= 11 is 6.47. The molecule has 3 heteroatoms. The highest BCUT2D eigenvalue weighted by Crippen LogP contribution is 2.38. The van der Waals surface area contributed by atoms with Crippen molar-refractivity contribution in [3.05, 3.63) is 34.9 Å². The molecule has 1 aromatic rings. The predicted octanol–water partition coefficient (Wildman–Crippen LogP) is 4.63. The highest BCUT2D eigenvalue weighted by atomic mass is 35.5. The summed E-state index contributed by atoms with van der Waals surface area (Å²) in [5.41, 5.74) is 7.69. The van der Waals surface area contributed by atoms with Gasteiger partial charge in [0.05, 0.1) is 6.04 Å². The summed E-state index contributed by atoms with van der Waals surface area (Å²) in [5, 5.41) is 0.849. The molecule has 0 amide bonds. The highest BCUT2D eigenvalue weighted by Gasteiger charge is 2.37. The lowest BCUT2D eigenvalue weighted by Crippen LogP contribution is -2.43. The number of nitrogens with zero attached hydrogens (tertiary/aromatic N) is 1. The van der Waals surface area contributed by atoms with Gasteiger partial charge in [0.2, 0.25) is 0 Å². The molecule has 0 saturated heterocycles. The van der Waals surface area contributed by atoms with Gasteiger partial charge in [-0.3, -0.25) is 4.90 Å². The second-order valence-corrected chi connectivity index (χ2v) is 7.10. The number of hydrogen-bond donors (Lipinski definition) is 1. The number of nitrogens with two attached hydrogens (primary N) is 1. The van der Waals surface area contributed by atoms with Crippen molar-refractivity contribution in [3.63, 3.8) is 0 Å². The topological polar surface area (TPSA) is 29.3 Å². The first kappa shape index (κ1) is 16.8. The van der Waals surface area contributed by atoms with Gasteiger partial charge < -0.3 is 5.73 Å². The Bertz CT molecular complexity index is 443. The van der Waals surface area contributed by atoms with E-state index in [1.165, 1.54) is 24.8 Å². The zero-order valence-corrected chi connectivity index (χ0v) is 14.3. The van der Waals surface area contributed by atoms with E-state index in [4.69, 9.17) is 17.3 Å². The van der Waals surface area contributed by atoms with Gasteiger partial charge in [0.25, 0.3) is 0 Å². The van der Waals surface area contributed by atoms with Crippen LogP contribution in [0.2, 0.25) is 5.02 Å². The van der Waals surface area contributed by atoms with E-state index in [-0.39, 0.29) is 12.1 Å². The van der Waals surface area contributed by atoms with E-state index in [2.05, 4.69) is 37.8 Å². The van der Waals surface area contributed by atoms with E-state index in [0.717, 1.165) is 23.9 Å². The Balaban J connectivity index is 2.26. The van der Waals surface area contributed by atoms with Crippen LogP contribution in [-0.4, -0.2) is 23.5 Å². The van der Waals surface area contributed by atoms with Gasteiger partial charge in [-0.2, -0.15) is 0 Å². The molecule has 0 aliphatic heterocycles. The zero-order valence-electron chi connectivity index (χ0n) is 13.6. The van der Waals surface area contributed by atoms with Gasteiger partial charge in [0, 0.05) is 17.1 Å². The minimum absolute atomic E-state index is 0.137. The Hall–Kier alpha value is -0.570. The van der Waals surface area contributed by atoms with Crippen LogP contribution in [0.3, 0.4) is 0 Å². The standard InChI is InChI=1S/C18H29ClN2/c1-4-17(20)18(15-7-5-6-8-16(15)19)21(14-9-10-14)12-11-13(2)3/h5-8,13-14,17-18H,4,9-12,20H2,1-3H3. The summed E-state index contributed by atoms with van der Waals surface area (Å²) in [6.07, 6.45) is 4.79. The number of rotatable bonds is 8. The molecule has 0 bridgehead atoms. The molecule has 0 aromatic heterocycles. The third-order valence-electron chi connectivity index (χ3n) is 4.44. The Morgan fingerprint density at radius 1 is 1.29 bits per heavy atom. The maximum atomic E-state index is 6.49. The molecule has 1 aromatic carbocycles. The van der Waals surface area contributed by atoms with Crippen LogP contribution in [-0.2, 0) is 0 Å². The van der Waals surface area contributed by atoms with E-state index >= 15 is 0 Å². The minimum Gasteiger partial charge on any atom is -0.326 e. The molecule has 1 aliphatic rings. The lowest BCUT2D eigenvalue weighted by atomic mass is 9.95. The molecule has 118 valence electrons. The smallest absolute Gasteiger partial charge is 0.0516 e. The van der Waals surface area contributed by atoms with Gasteiger partial charge in [0.15, 0.2) is 0 Å². The zero-order chi connectivity index (χ0) is 15.4. The molecule has 0 spiro atoms. The van der Waals surface area contributed by atoms with Crippen LogP contribution >= 0.6 is 11.6 Å². The van der Waals surface area contributed by atoms with Crippen molar-refractivity contribution < 1.29 is 0 Å². The van der Waals surface area contributed by atoms with Gasteiger partial charge in [0.1, 0.15) is 0 Å². The third kappa shape index (κ3) is 4.45. The Morgan fingerprint density at radius 2 is 1.95 bits per heavy atom. The van der Waals surface area contributed by atoms with Crippen LogP contribution in [0.5, 0.6) is 0 Å². The number of hydrogen-bond acceptors (Lipinski definition) is 2. The normalized spacial score (nSPS) is 18.2. The molecule has 1 saturated carbocycles. The third-order valence-corrected chi connectivity index (χ3v) is 4.78. The van der Waals surface area contributed by atoms with Gasteiger partial charge in [-0.1, -0.05) is 50.6 Å². The van der Waals surface area contributed by atoms with Gasteiger partial charge >= 0.3 is 0 Å². The molecular weight excluding hydrogens is 280 g/mol. The quantitative estimate of drug-likeness (QED) is 0.758. The Kier molecular flexibility index (Phi) is 6.09. The van der Waals surface area contributed by atoms with E-state index in [1.807, 2.05) is 12.1 Å². The first-order valence-corrected chi connectivity index (χ1v) is 8.68. The fourth-order valence-electron chi connectivity index (χ4n) is 2.96. The molecule has 2 unspecified atom stereocenters. The fraction of sp³-hybridized carbons (Fsp3) is 0.667. The molecule has 2 rings (SSSR count).